The molecule has 0 saturated carbocycles. The Bertz CT molecular complexity index is 1510. The summed E-state index contributed by atoms with van der Waals surface area (Å²) in [6.45, 7) is 2.21. The molecule has 1 aromatic heterocycles. The minimum Gasteiger partial charge on any atom is -0.480 e. The monoisotopic (exact) mass is 577 g/mol. The van der Waals surface area contributed by atoms with E-state index in [2.05, 4.69) is 29.6 Å². The molecule has 40 heavy (non-hydrogen) atoms. The number of methoxy groups -OCH3 is 1. The molecule has 0 saturated heterocycles. The van der Waals surface area contributed by atoms with Gasteiger partial charge in [-0.15, -0.1) is 17.6 Å². The van der Waals surface area contributed by atoms with E-state index >= 15 is 0 Å². The van der Waals surface area contributed by atoms with Crippen LogP contribution >= 0.6 is 10.8 Å². The van der Waals surface area contributed by atoms with Crippen LogP contribution in [0.15, 0.2) is 81.1 Å². The molecule has 0 bridgehead atoms. The van der Waals surface area contributed by atoms with Crippen LogP contribution < -0.4 is 10.1 Å². The lowest BCUT2D eigenvalue weighted by atomic mass is 10.0. The summed E-state index contributed by atoms with van der Waals surface area (Å²) in [5.41, 5.74) is 2.98. The molecule has 0 radical (unpaired) electrons. The van der Waals surface area contributed by atoms with Crippen molar-refractivity contribution in [1.82, 2.24) is 10.2 Å². The number of ether oxygens (including phenoxy) is 3. The van der Waals surface area contributed by atoms with Crippen molar-refractivity contribution in [1.29, 1.82) is 0 Å². The third kappa shape index (κ3) is 7.72. The van der Waals surface area contributed by atoms with Gasteiger partial charge in [-0.3, -0.25) is 14.2 Å². The third-order valence-electron chi connectivity index (χ3n) is 5.39. The Hall–Kier alpha value is -4.11. The molecule has 212 valence electrons. The molecule has 4 rings (SSSR count). The average molecular weight is 578 g/mol. The maximum absolute atomic E-state index is 12.5. The predicted octanol–water partition coefficient (Wildman–Crippen LogP) is 7.01. The van der Waals surface area contributed by atoms with Gasteiger partial charge < -0.3 is 19.5 Å². The molecule has 0 atom stereocenters. The molecule has 14 heteroatoms. The van der Waals surface area contributed by atoms with Gasteiger partial charge in [-0.05, 0) is 54.4 Å². The fraction of sp³-hybridized carbons (Fsp3) is 0.192. The number of amidine groups is 1. The van der Waals surface area contributed by atoms with Gasteiger partial charge in [0.1, 0.15) is 18.2 Å². The van der Waals surface area contributed by atoms with Crippen LogP contribution in [0.4, 0.5) is 24.5 Å². The van der Waals surface area contributed by atoms with E-state index < -0.39 is 17.1 Å². The summed E-state index contributed by atoms with van der Waals surface area (Å²) in [5.74, 6) is 0.0963. The molecule has 0 amide bonds. The molecule has 0 aliphatic carbocycles. The van der Waals surface area contributed by atoms with E-state index in [1.54, 1.807) is 55.6 Å². The quantitative estimate of drug-likeness (QED) is 0.0905. The molecule has 0 unspecified atom stereocenters. The molecule has 0 aliphatic heterocycles. The molecular formula is C26H26F3N5O5S. The van der Waals surface area contributed by atoms with Crippen LogP contribution in [0.5, 0.6) is 5.75 Å². The number of halogens is 3. The van der Waals surface area contributed by atoms with Gasteiger partial charge >= 0.3 is 6.36 Å². The molecular weight excluding hydrogens is 551 g/mol. The summed E-state index contributed by atoms with van der Waals surface area (Å²) in [6.07, 6.45) is -2.16. The maximum Gasteiger partial charge on any atom is 0.573 e. The Morgan fingerprint density at radius 1 is 1.10 bits per heavy atom. The topological polar surface area (TPSA) is 134 Å². The summed E-state index contributed by atoms with van der Waals surface area (Å²) in [5, 5.41) is 10.6. The Balaban J connectivity index is 1.54. The summed E-state index contributed by atoms with van der Waals surface area (Å²) in [6, 6.07) is 15.8. The molecule has 4 N–H and O–H groups in total. The van der Waals surface area contributed by atoms with Crippen LogP contribution in [0.3, 0.4) is 0 Å². The second kappa shape index (κ2) is 12.4. The highest BCUT2D eigenvalue weighted by atomic mass is 32.3. The van der Waals surface area contributed by atoms with Crippen molar-refractivity contribution in [3.8, 4) is 16.9 Å². The number of nitrogens with zero attached hydrogens (tertiary/aromatic N) is 3. The van der Waals surface area contributed by atoms with Crippen LogP contribution in [-0.2, 0) is 9.47 Å². The number of fused-ring (bicyclic) bond motifs is 1. The van der Waals surface area contributed by atoms with Gasteiger partial charge in [0, 0.05) is 24.2 Å². The Morgan fingerprint density at radius 3 is 2.60 bits per heavy atom. The summed E-state index contributed by atoms with van der Waals surface area (Å²) < 4.78 is 76.6. The minimum atomic E-state index is -4.78. The number of hydrogen-bond donors (Lipinski definition) is 4. The van der Waals surface area contributed by atoms with Crippen molar-refractivity contribution in [2.75, 3.05) is 25.6 Å². The normalized spacial score (nSPS) is 13.1. The largest absolute Gasteiger partial charge is 0.573 e. The summed E-state index contributed by atoms with van der Waals surface area (Å²) >= 11 is 0. The SMILES string of the molecule is COCCOC=NS(O)(O)c1cc(-c2ccc(N=C(C)Nc3cccc(OC(F)(F)F)c3)cc2)c2cn[nH]c2c1. The van der Waals surface area contributed by atoms with Gasteiger partial charge in [0.25, 0.3) is 0 Å². The Labute approximate surface area is 229 Å². The maximum atomic E-state index is 12.5. The number of hydrogen-bond acceptors (Lipinski definition) is 8. The van der Waals surface area contributed by atoms with E-state index in [4.69, 9.17) is 9.47 Å². The molecule has 3 aromatic carbocycles. The van der Waals surface area contributed by atoms with Crippen LogP contribution in [0.1, 0.15) is 6.92 Å². The summed E-state index contributed by atoms with van der Waals surface area (Å²) in [7, 11) is -2.04. The standard InChI is InChI=1S/C26H26F3N5O5S/c1-17(33-20-4-3-5-21(12-20)39-26(27,28)29)32-19-8-6-18(7-9-19)23-13-22(14-25-24(23)15-30-34-25)40(35,36)31-16-38-11-10-37-2/h3-9,12-16,35-36H,10-11H2,1-2H3,(H,30,34)(H,32,33). The first kappa shape index (κ1) is 28.9. The molecule has 0 aliphatic rings. The highest BCUT2D eigenvalue weighted by Gasteiger charge is 2.31. The van der Waals surface area contributed by atoms with Gasteiger partial charge in [0.2, 0.25) is 0 Å². The van der Waals surface area contributed by atoms with Crippen LogP contribution in [-0.4, -0.2) is 58.2 Å². The first-order chi connectivity index (χ1) is 19.0. The number of aromatic nitrogens is 2. The van der Waals surface area contributed by atoms with Crippen LogP contribution in [0.2, 0.25) is 0 Å². The smallest absolute Gasteiger partial charge is 0.480 e. The number of nitrogens with one attached hydrogen (secondary N) is 2. The van der Waals surface area contributed by atoms with E-state index in [1.807, 2.05) is 0 Å². The zero-order valence-corrected chi connectivity index (χ0v) is 22.2. The zero-order chi connectivity index (χ0) is 28.8. The number of benzene rings is 3. The van der Waals surface area contributed by atoms with Crippen LogP contribution in [0.25, 0.3) is 22.0 Å². The highest BCUT2D eigenvalue weighted by molar-refractivity contribution is 8.23. The minimum absolute atomic E-state index is 0.171. The molecule has 0 spiro atoms. The van der Waals surface area contributed by atoms with Crippen molar-refractivity contribution >= 4 is 45.3 Å². The van der Waals surface area contributed by atoms with Gasteiger partial charge in [0.15, 0.2) is 6.40 Å². The van der Waals surface area contributed by atoms with Gasteiger partial charge in [0.05, 0.1) is 28.9 Å². The lowest BCUT2D eigenvalue weighted by Crippen LogP contribution is -2.17. The number of rotatable bonds is 10. The molecule has 10 nitrogen and oxygen atoms in total. The van der Waals surface area contributed by atoms with E-state index in [1.165, 1.54) is 25.3 Å². The predicted molar refractivity (Wildman–Crippen MR) is 148 cm³/mol. The van der Waals surface area contributed by atoms with Crippen molar-refractivity contribution in [2.45, 2.75) is 18.2 Å². The van der Waals surface area contributed by atoms with Crippen molar-refractivity contribution in [3.63, 3.8) is 0 Å². The van der Waals surface area contributed by atoms with Gasteiger partial charge in [-0.25, -0.2) is 4.99 Å². The number of aromatic amines is 1. The Kier molecular flexibility index (Phi) is 8.94. The number of alkyl halides is 3. The van der Waals surface area contributed by atoms with Gasteiger partial charge in [-0.2, -0.15) is 5.10 Å². The first-order valence-corrected chi connectivity index (χ1v) is 13.2. The van der Waals surface area contributed by atoms with Crippen molar-refractivity contribution < 1.29 is 36.5 Å². The summed E-state index contributed by atoms with van der Waals surface area (Å²) in [4.78, 5) is 4.63. The zero-order valence-electron chi connectivity index (χ0n) is 21.3. The number of H-pyrrole nitrogens is 1. The average Bonchev–Trinajstić information content (AvgIpc) is 3.37. The van der Waals surface area contributed by atoms with Gasteiger partial charge in [-0.1, -0.05) is 29.0 Å². The lowest BCUT2D eigenvalue weighted by molar-refractivity contribution is -0.274. The highest BCUT2D eigenvalue weighted by Crippen LogP contribution is 2.51. The Morgan fingerprint density at radius 2 is 1.88 bits per heavy atom. The molecule has 4 aromatic rings. The fourth-order valence-electron chi connectivity index (χ4n) is 3.67. The lowest BCUT2D eigenvalue weighted by Gasteiger charge is -2.26. The second-order valence-corrected chi connectivity index (χ2v) is 10.1. The van der Waals surface area contributed by atoms with E-state index in [9.17, 15) is 22.3 Å². The third-order valence-corrected chi connectivity index (χ3v) is 6.63. The van der Waals surface area contributed by atoms with Crippen molar-refractivity contribution in [3.05, 3.63) is 66.9 Å². The van der Waals surface area contributed by atoms with E-state index in [0.29, 0.717) is 34.9 Å². The number of aliphatic imine (C=N–C) groups is 1. The molecule has 0 fully saturated rings. The van der Waals surface area contributed by atoms with Crippen molar-refractivity contribution in [2.24, 2.45) is 9.39 Å². The van der Waals surface area contributed by atoms with E-state index in [-0.39, 0.29) is 17.3 Å². The van der Waals surface area contributed by atoms with E-state index in [0.717, 1.165) is 17.4 Å². The fourth-order valence-corrected chi connectivity index (χ4v) is 4.53. The first-order valence-electron chi connectivity index (χ1n) is 11.7. The number of anilines is 1. The second-order valence-electron chi connectivity index (χ2n) is 8.34. The molecule has 1 heterocycles. The van der Waals surface area contributed by atoms with Crippen LogP contribution in [0, 0.1) is 0 Å².